The minimum Gasteiger partial charge on any atom is -0.303 e. The normalized spacial score (nSPS) is 49.8. The largest absolute Gasteiger partial charge is 0.303 e. The van der Waals surface area contributed by atoms with Crippen molar-refractivity contribution in [3.05, 3.63) is 12.2 Å². The maximum Gasteiger partial charge on any atom is 0.134 e. The van der Waals surface area contributed by atoms with Crippen molar-refractivity contribution in [3.8, 4) is 0 Å². The van der Waals surface area contributed by atoms with Crippen LogP contribution >= 0.6 is 0 Å². The molecule has 0 aliphatic heterocycles. The van der Waals surface area contributed by atoms with Gasteiger partial charge in [0.15, 0.2) is 0 Å². The van der Waals surface area contributed by atoms with E-state index < -0.39 is 0 Å². The molecule has 0 aromatic heterocycles. The third-order valence-corrected chi connectivity index (χ3v) is 12.2. The molecule has 184 valence electrons. The fourth-order valence-electron chi connectivity index (χ4n) is 10.0. The van der Waals surface area contributed by atoms with Gasteiger partial charge in [-0.2, -0.15) is 0 Å². The third-order valence-electron chi connectivity index (χ3n) is 12.2. The van der Waals surface area contributed by atoms with E-state index in [-0.39, 0.29) is 16.1 Å². The molecule has 4 aliphatic carbocycles. The summed E-state index contributed by atoms with van der Waals surface area (Å²) >= 11 is 0. The standard InChI is InChI=1S/C30H49BO2/c1-19(2)22-13-17-30(18-32)16-12-20(3)23(27(22)30)9-10-24-21(4)8-11-25-28(24,5)15-14-26(33)29(25,6)31-7/h18,20-25,27,31H,1,8-17H2,2-7H3/t20-,21-,22+,23?,24?,25?,27?,28+,29-,30-/m0/s1. The Kier molecular flexibility index (Phi) is 6.87. The van der Waals surface area contributed by atoms with Crippen LogP contribution in [0.15, 0.2) is 12.2 Å². The van der Waals surface area contributed by atoms with E-state index in [0.29, 0.717) is 41.3 Å². The predicted molar refractivity (Wildman–Crippen MR) is 140 cm³/mol. The molecule has 4 unspecified atom stereocenters. The number of allylic oxidation sites excluding steroid dienone is 1. The lowest BCUT2D eigenvalue weighted by molar-refractivity contribution is -0.137. The van der Waals surface area contributed by atoms with Crippen LogP contribution in [0, 0.1) is 52.3 Å². The Bertz CT molecular complexity index is 790. The van der Waals surface area contributed by atoms with E-state index >= 15 is 0 Å². The number of ketones is 1. The van der Waals surface area contributed by atoms with Crippen molar-refractivity contribution in [3.63, 3.8) is 0 Å². The van der Waals surface area contributed by atoms with Gasteiger partial charge in [-0.1, -0.05) is 53.1 Å². The molecule has 0 aromatic rings. The van der Waals surface area contributed by atoms with Crippen LogP contribution in [-0.2, 0) is 9.59 Å². The summed E-state index contributed by atoms with van der Waals surface area (Å²) in [5.41, 5.74) is 1.48. The molecule has 0 heterocycles. The van der Waals surface area contributed by atoms with Crippen LogP contribution in [-0.4, -0.2) is 19.3 Å². The average Bonchev–Trinajstić information content (AvgIpc) is 3.18. The SMILES string of the molecule is C=C(C)[C@H]1CC[C@]2(C=O)CC[C@H](C)C(CCC3[C@@H](C)CCC4[C@]3(C)CCC(=O)[C@@]4(C)BC)C12. The number of rotatable bonds is 6. The van der Waals surface area contributed by atoms with Crippen molar-refractivity contribution in [2.75, 3.05) is 0 Å². The van der Waals surface area contributed by atoms with Crippen LogP contribution in [0.5, 0.6) is 0 Å². The molecule has 4 saturated carbocycles. The van der Waals surface area contributed by atoms with Gasteiger partial charge in [0, 0.05) is 17.2 Å². The fraction of sp³-hybridized carbons (Fsp3) is 0.867. The number of hydrogen-bond acceptors (Lipinski definition) is 2. The number of hydrogen-bond donors (Lipinski definition) is 0. The van der Waals surface area contributed by atoms with Crippen LogP contribution in [0.25, 0.3) is 0 Å². The monoisotopic (exact) mass is 452 g/mol. The zero-order valence-electron chi connectivity index (χ0n) is 22.4. The molecular formula is C30H49BO2. The van der Waals surface area contributed by atoms with Crippen molar-refractivity contribution in [2.45, 2.75) is 111 Å². The first-order valence-corrected chi connectivity index (χ1v) is 14.2. The summed E-state index contributed by atoms with van der Waals surface area (Å²) in [4.78, 5) is 25.5. The van der Waals surface area contributed by atoms with E-state index in [1.165, 1.54) is 44.0 Å². The average molecular weight is 453 g/mol. The number of carbonyl (C=O) groups excluding carboxylic acids is 2. The maximum atomic E-state index is 13.0. The Hall–Kier alpha value is -0.855. The topological polar surface area (TPSA) is 34.1 Å². The van der Waals surface area contributed by atoms with Crippen LogP contribution in [0.2, 0.25) is 12.1 Å². The van der Waals surface area contributed by atoms with Crippen LogP contribution in [0.1, 0.15) is 98.8 Å². The van der Waals surface area contributed by atoms with Crippen LogP contribution in [0.3, 0.4) is 0 Å². The molecule has 4 rings (SSSR count). The molecule has 4 fully saturated rings. The van der Waals surface area contributed by atoms with Crippen LogP contribution < -0.4 is 0 Å². The van der Waals surface area contributed by atoms with Gasteiger partial charge in [0.05, 0.1) is 0 Å². The Labute approximate surface area is 204 Å². The van der Waals surface area contributed by atoms with Gasteiger partial charge in [-0.25, -0.2) is 0 Å². The Morgan fingerprint density at radius 2 is 1.76 bits per heavy atom. The molecule has 0 aromatic carbocycles. The van der Waals surface area contributed by atoms with Crippen molar-refractivity contribution >= 4 is 19.3 Å². The minimum atomic E-state index is -0.132. The van der Waals surface area contributed by atoms with Crippen molar-refractivity contribution < 1.29 is 9.59 Å². The van der Waals surface area contributed by atoms with Gasteiger partial charge in [-0.05, 0) is 105 Å². The van der Waals surface area contributed by atoms with Crippen molar-refractivity contribution in [2.24, 2.45) is 52.3 Å². The highest BCUT2D eigenvalue weighted by molar-refractivity contribution is 6.46. The summed E-state index contributed by atoms with van der Waals surface area (Å²) in [5, 5.41) is -0.132. The second kappa shape index (κ2) is 8.98. The van der Waals surface area contributed by atoms with Gasteiger partial charge in [0.25, 0.3) is 0 Å². The summed E-state index contributed by atoms with van der Waals surface area (Å²) in [6.45, 7) is 18.6. The molecule has 0 amide bonds. The Morgan fingerprint density at radius 1 is 1.06 bits per heavy atom. The van der Waals surface area contributed by atoms with Crippen LogP contribution in [0.4, 0.5) is 0 Å². The molecule has 0 radical (unpaired) electrons. The molecule has 0 bridgehead atoms. The van der Waals surface area contributed by atoms with Crippen molar-refractivity contribution in [1.29, 1.82) is 0 Å². The third kappa shape index (κ3) is 3.83. The van der Waals surface area contributed by atoms with Crippen molar-refractivity contribution in [1.82, 2.24) is 0 Å². The van der Waals surface area contributed by atoms with Gasteiger partial charge in [-0.15, -0.1) is 0 Å². The molecule has 4 aliphatic rings. The summed E-state index contributed by atoms with van der Waals surface area (Å²) in [6, 6.07) is 0. The molecule has 0 spiro atoms. The molecule has 10 atom stereocenters. The minimum absolute atomic E-state index is 0.0938. The Morgan fingerprint density at radius 3 is 2.39 bits per heavy atom. The quantitative estimate of drug-likeness (QED) is 0.241. The first kappa shape index (κ1) is 25.2. The second-order valence-electron chi connectivity index (χ2n) is 13.5. The van der Waals surface area contributed by atoms with E-state index in [4.69, 9.17) is 0 Å². The lowest BCUT2D eigenvalue weighted by Crippen LogP contribution is -2.54. The zero-order chi connectivity index (χ0) is 24.2. The molecule has 33 heavy (non-hydrogen) atoms. The van der Waals surface area contributed by atoms with Gasteiger partial charge < -0.3 is 4.79 Å². The summed E-state index contributed by atoms with van der Waals surface area (Å²) < 4.78 is 0. The highest BCUT2D eigenvalue weighted by atomic mass is 16.1. The molecule has 3 heteroatoms. The van der Waals surface area contributed by atoms with Gasteiger partial charge in [0.1, 0.15) is 19.3 Å². The van der Waals surface area contributed by atoms with E-state index in [0.717, 1.165) is 45.3 Å². The second-order valence-corrected chi connectivity index (χ2v) is 13.5. The molecule has 0 N–H and O–H groups in total. The van der Waals surface area contributed by atoms with E-state index in [2.05, 4.69) is 48.0 Å². The fourth-order valence-corrected chi connectivity index (χ4v) is 10.0. The first-order chi connectivity index (χ1) is 15.5. The van der Waals surface area contributed by atoms with Gasteiger partial charge in [0.2, 0.25) is 0 Å². The van der Waals surface area contributed by atoms with Gasteiger partial charge >= 0.3 is 0 Å². The smallest absolute Gasteiger partial charge is 0.134 e. The van der Waals surface area contributed by atoms with Gasteiger partial charge in [-0.3, -0.25) is 4.79 Å². The maximum absolute atomic E-state index is 13.0. The highest BCUT2D eigenvalue weighted by Gasteiger charge is 2.59. The highest BCUT2D eigenvalue weighted by Crippen LogP contribution is 2.65. The Balaban J connectivity index is 1.59. The molecule has 0 saturated heterocycles. The number of aldehydes is 1. The summed E-state index contributed by atoms with van der Waals surface area (Å²) in [6.07, 6.45) is 12.7. The molecule has 2 nitrogen and oxygen atoms in total. The number of fused-ring (bicyclic) bond motifs is 2. The molecular weight excluding hydrogens is 403 g/mol. The van der Waals surface area contributed by atoms with E-state index in [9.17, 15) is 9.59 Å². The lowest BCUT2D eigenvalue weighted by atomic mass is 9.36. The predicted octanol–water partition coefficient (Wildman–Crippen LogP) is 7.30. The first-order valence-electron chi connectivity index (χ1n) is 14.2. The number of carbonyl (C=O) groups is 2. The van der Waals surface area contributed by atoms with E-state index in [1.54, 1.807) is 0 Å². The number of Topliss-reactive ketones (excluding diaryl/α,β-unsaturated/α-hetero) is 1. The lowest BCUT2D eigenvalue weighted by Gasteiger charge is -2.59. The van der Waals surface area contributed by atoms with E-state index in [1.807, 2.05) is 0 Å². The summed E-state index contributed by atoms with van der Waals surface area (Å²) in [5.74, 6) is 4.82. The zero-order valence-corrected chi connectivity index (χ0v) is 22.4. The summed E-state index contributed by atoms with van der Waals surface area (Å²) in [7, 11) is 0.983.